The molecule has 3 nitrogen and oxygen atoms in total. The van der Waals surface area contributed by atoms with Gasteiger partial charge in [0, 0.05) is 18.9 Å². The molecule has 1 fully saturated rings. The van der Waals surface area contributed by atoms with Crippen LogP contribution in [0.4, 0.5) is 9.18 Å². The number of hydrogen-bond donors (Lipinski definition) is 2. The highest BCUT2D eigenvalue weighted by Crippen LogP contribution is 2.40. The van der Waals surface area contributed by atoms with E-state index in [1.165, 1.54) is 0 Å². The summed E-state index contributed by atoms with van der Waals surface area (Å²) in [6, 6.07) is -0.167. The Labute approximate surface area is 77.3 Å². The standard InChI is InChI=1S/C9H16FNO2/c1-2-3-4-9(10)5-7(6-9)11-8(12)13/h7,11H,2-6H2,1H3,(H,12,13). The first-order valence-electron chi connectivity index (χ1n) is 4.74. The molecule has 0 atom stereocenters. The van der Waals surface area contributed by atoms with Crippen molar-refractivity contribution in [2.45, 2.75) is 50.7 Å². The average Bonchev–Trinajstić information content (AvgIpc) is 1.97. The van der Waals surface area contributed by atoms with E-state index in [0.717, 1.165) is 12.8 Å². The Morgan fingerprint density at radius 2 is 2.31 bits per heavy atom. The zero-order valence-corrected chi connectivity index (χ0v) is 7.85. The zero-order chi connectivity index (χ0) is 9.90. The molecule has 13 heavy (non-hydrogen) atoms. The fraction of sp³-hybridized carbons (Fsp3) is 0.889. The third kappa shape index (κ3) is 2.86. The van der Waals surface area contributed by atoms with Crippen LogP contribution in [0.5, 0.6) is 0 Å². The molecule has 1 amide bonds. The molecule has 0 aliphatic heterocycles. The van der Waals surface area contributed by atoms with Crippen LogP contribution in [0, 0.1) is 0 Å². The number of halogens is 1. The van der Waals surface area contributed by atoms with Crippen molar-refractivity contribution >= 4 is 6.09 Å². The van der Waals surface area contributed by atoms with Gasteiger partial charge in [-0.25, -0.2) is 9.18 Å². The molecule has 0 spiro atoms. The van der Waals surface area contributed by atoms with Gasteiger partial charge < -0.3 is 10.4 Å². The van der Waals surface area contributed by atoms with Crippen molar-refractivity contribution in [3.8, 4) is 0 Å². The van der Waals surface area contributed by atoms with Crippen molar-refractivity contribution in [3.63, 3.8) is 0 Å². The van der Waals surface area contributed by atoms with Gasteiger partial charge in [-0.1, -0.05) is 19.8 Å². The van der Waals surface area contributed by atoms with Crippen LogP contribution in [0.1, 0.15) is 39.0 Å². The normalized spacial score (nSPS) is 32.3. The van der Waals surface area contributed by atoms with Crippen LogP contribution in [-0.4, -0.2) is 22.9 Å². The second-order valence-electron chi connectivity index (χ2n) is 3.81. The molecular weight excluding hydrogens is 173 g/mol. The van der Waals surface area contributed by atoms with Crippen molar-refractivity contribution in [3.05, 3.63) is 0 Å². The average molecular weight is 189 g/mol. The number of unbranched alkanes of at least 4 members (excludes halogenated alkanes) is 1. The first-order chi connectivity index (χ1) is 6.06. The summed E-state index contributed by atoms with van der Waals surface area (Å²) in [6.45, 7) is 2.02. The minimum Gasteiger partial charge on any atom is -0.465 e. The number of alkyl halides is 1. The lowest BCUT2D eigenvalue weighted by Crippen LogP contribution is -2.52. The van der Waals surface area contributed by atoms with E-state index >= 15 is 0 Å². The fourth-order valence-corrected chi connectivity index (χ4v) is 1.80. The second-order valence-corrected chi connectivity index (χ2v) is 3.81. The van der Waals surface area contributed by atoms with Gasteiger partial charge >= 0.3 is 6.09 Å². The molecule has 0 aromatic carbocycles. The Hall–Kier alpha value is -0.800. The Bertz CT molecular complexity index is 190. The maximum absolute atomic E-state index is 13.6. The molecule has 0 aromatic rings. The molecule has 1 rings (SSSR count). The van der Waals surface area contributed by atoms with Crippen LogP contribution in [0.25, 0.3) is 0 Å². The van der Waals surface area contributed by atoms with Crippen molar-refractivity contribution < 1.29 is 14.3 Å². The second kappa shape index (κ2) is 3.94. The van der Waals surface area contributed by atoms with E-state index < -0.39 is 11.8 Å². The molecular formula is C9H16FNO2. The van der Waals surface area contributed by atoms with Gasteiger partial charge in [0.25, 0.3) is 0 Å². The van der Waals surface area contributed by atoms with Gasteiger partial charge in [-0.15, -0.1) is 0 Å². The molecule has 0 heterocycles. The lowest BCUT2D eigenvalue weighted by atomic mass is 9.74. The maximum Gasteiger partial charge on any atom is 0.404 e. The predicted octanol–water partition coefficient (Wildman–Crippen LogP) is 2.31. The summed E-state index contributed by atoms with van der Waals surface area (Å²) in [4.78, 5) is 10.2. The van der Waals surface area contributed by atoms with Crippen LogP contribution in [0.2, 0.25) is 0 Å². The first-order valence-corrected chi connectivity index (χ1v) is 4.74. The van der Waals surface area contributed by atoms with Gasteiger partial charge in [-0.3, -0.25) is 0 Å². The van der Waals surface area contributed by atoms with Gasteiger partial charge in [0.05, 0.1) is 0 Å². The minimum atomic E-state index is -1.09. The summed E-state index contributed by atoms with van der Waals surface area (Å²) in [5, 5.41) is 10.6. The molecule has 76 valence electrons. The lowest BCUT2D eigenvalue weighted by Gasteiger charge is -2.41. The topological polar surface area (TPSA) is 49.3 Å². The Morgan fingerprint density at radius 3 is 2.77 bits per heavy atom. The number of nitrogens with one attached hydrogen (secondary N) is 1. The maximum atomic E-state index is 13.6. The highest BCUT2D eigenvalue weighted by atomic mass is 19.1. The summed E-state index contributed by atoms with van der Waals surface area (Å²) in [5.41, 5.74) is -1.09. The van der Waals surface area contributed by atoms with Gasteiger partial charge in [-0.2, -0.15) is 0 Å². The molecule has 1 aliphatic rings. The van der Waals surface area contributed by atoms with Crippen molar-refractivity contribution in [2.75, 3.05) is 0 Å². The fourth-order valence-electron chi connectivity index (χ4n) is 1.80. The van der Waals surface area contributed by atoms with E-state index in [1.54, 1.807) is 0 Å². The van der Waals surface area contributed by atoms with E-state index in [0.29, 0.717) is 19.3 Å². The predicted molar refractivity (Wildman–Crippen MR) is 47.5 cm³/mol. The smallest absolute Gasteiger partial charge is 0.404 e. The van der Waals surface area contributed by atoms with E-state index in [9.17, 15) is 9.18 Å². The van der Waals surface area contributed by atoms with Crippen LogP contribution >= 0.6 is 0 Å². The van der Waals surface area contributed by atoms with E-state index in [2.05, 4.69) is 5.32 Å². The Morgan fingerprint density at radius 1 is 1.69 bits per heavy atom. The third-order valence-electron chi connectivity index (χ3n) is 2.53. The van der Waals surface area contributed by atoms with Crippen LogP contribution < -0.4 is 5.32 Å². The van der Waals surface area contributed by atoms with Crippen LogP contribution in [0.15, 0.2) is 0 Å². The largest absolute Gasteiger partial charge is 0.465 e. The van der Waals surface area contributed by atoms with Gasteiger partial charge in [0.15, 0.2) is 0 Å². The quantitative estimate of drug-likeness (QED) is 0.713. The van der Waals surface area contributed by atoms with E-state index in [-0.39, 0.29) is 6.04 Å². The van der Waals surface area contributed by atoms with Crippen LogP contribution in [0.3, 0.4) is 0 Å². The molecule has 2 N–H and O–H groups in total. The number of amides is 1. The van der Waals surface area contributed by atoms with Crippen molar-refractivity contribution in [1.29, 1.82) is 0 Å². The van der Waals surface area contributed by atoms with Crippen LogP contribution in [-0.2, 0) is 0 Å². The number of carboxylic acid groups (broad SMARTS) is 1. The Balaban J connectivity index is 2.18. The van der Waals surface area contributed by atoms with Gasteiger partial charge in [0.1, 0.15) is 5.67 Å². The van der Waals surface area contributed by atoms with Crippen molar-refractivity contribution in [1.82, 2.24) is 5.32 Å². The molecule has 0 saturated heterocycles. The molecule has 1 saturated carbocycles. The molecule has 4 heteroatoms. The number of hydrogen-bond acceptors (Lipinski definition) is 1. The zero-order valence-electron chi connectivity index (χ0n) is 7.85. The Kier molecular flexibility index (Phi) is 3.12. The molecule has 0 radical (unpaired) electrons. The summed E-state index contributed by atoms with van der Waals surface area (Å²) in [7, 11) is 0. The SMILES string of the molecule is CCCCC1(F)CC(NC(=O)O)C1. The molecule has 0 bridgehead atoms. The highest BCUT2D eigenvalue weighted by molar-refractivity contribution is 5.65. The first kappa shape index (κ1) is 10.3. The molecule has 1 aliphatic carbocycles. The molecule has 0 aromatic heterocycles. The van der Waals surface area contributed by atoms with Gasteiger partial charge in [-0.05, 0) is 6.42 Å². The highest BCUT2D eigenvalue weighted by Gasteiger charge is 2.44. The number of carbonyl (C=O) groups is 1. The monoisotopic (exact) mass is 189 g/mol. The minimum absolute atomic E-state index is 0.167. The molecule has 0 unspecified atom stereocenters. The van der Waals surface area contributed by atoms with E-state index in [1.807, 2.05) is 6.92 Å². The summed E-state index contributed by atoms with van der Waals surface area (Å²) in [5.74, 6) is 0. The third-order valence-corrected chi connectivity index (χ3v) is 2.53. The van der Waals surface area contributed by atoms with E-state index in [4.69, 9.17) is 5.11 Å². The summed E-state index contributed by atoms with van der Waals surface area (Å²) < 4.78 is 13.6. The summed E-state index contributed by atoms with van der Waals surface area (Å²) in [6.07, 6.45) is 2.08. The van der Waals surface area contributed by atoms with Crippen molar-refractivity contribution in [2.24, 2.45) is 0 Å². The summed E-state index contributed by atoms with van der Waals surface area (Å²) >= 11 is 0. The lowest BCUT2D eigenvalue weighted by molar-refractivity contribution is 0.0202. The number of rotatable bonds is 4. The van der Waals surface area contributed by atoms with Gasteiger partial charge in [0.2, 0.25) is 0 Å².